The van der Waals surface area contributed by atoms with E-state index in [4.69, 9.17) is 10.5 Å². The number of halogens is 1. The maximum absolute atomic E-state index is 11.0. The first-order valence-corrected chi connectivity index (χ1v) is 4.95. The average molecular weight is 291 g/mol. The third kappa shape index (κ3) is 2.58. The summed E-state index contributed by atoms with van der Waals surface area (Å²) in [4.78, 5) is 11.0. The highest BCUT2D eigenvalue weighted by molar-refractivity contribution is 14.1. The zero-order chi connectivity index (χ0) is 9.84. The average Bonchev–Trinajstić information content (AvgIpc) is 2.08. The van der Waals surface area contributed by atoms with Crippen molar-refractivity contribution in [1.82, 2.24) is 0 Å². The predicted octanol–water partition coefficient (Wildman–Crippen LogP) is 1.79. The number of hydrogen-bond acceptors (Lipinski definition) is 2. The van der Waals surface area contributed by atoms with Crippen LogP contribution >= 0.6 is 22.6 Å². The van der Waals surface area contributed by atoms with Gasteiger partial charge >= 0.3 is 0 Å². The molecule has 13 heavy (non-hydrogen) atoms. The monoisotopic (exact) mass is 291 g/mol. The quantitative estimate of drug-likeness (QED) is 0.863. The standard InChI is InChI=1S/C9H10INO2/c1-2-13-8-4-3-6(10)5-7(8)9(11)12/h3-5H,2H2,1H3,(H2,11,12). The van der Waals surface area contributed by atoms with E-state index in [9.17, 15) is 4.79 Å². The van der Waals surface area contributed by atoms with Crippen molar-refractivity contribution < 1.29 is 9.53 Å². The molecule has 0 aliphatic rings. The van der Waals surface area contributed by atoms with Crippen LogP contribution in [-0.4, -0.2) is 12.5 Å². The second-order valence-corrected chi connectivity index (χ2v) is 3.68. The fraction of sp³-hybridized carbons (Fsp3) is 0.222. The second kappa shape index (κ2) is 4.45. The molecule has 0 heterocycles. The fourth-order valence-corrected chi connectivity index (χ4v) is 1.47. The SMILES string of the molecule is CCOc1ccc(I)cc1C(N)=O. The van der Waals surface area contributed by atoms with E-state index in [0.717, 1.165) is 3.57 Å². The molecule has 0 aliphatic heterocycles. The smallest absolute Gasteiger partial charge is 0.252 e. The highest BCUT2D eigenvalue weighted by Crippen LogP contribution is 2.20. The second-order valence-electron chi connectivity index (χ2n) is 2.44. The number of carbonyl (C=O) groups is 1. The van der Waals surface area contributed by atoms with Crippen LogP contribution in [0.4, 0.5) is 0 Å². The summed E-state index contributed by atoms with van der Waals surface area (Å²) in [6.07, 6.45) is 0. The van der Waals surface area contributed by atoms with Gasteiger partial charge in [0.2, 0.25) is 0 Å². The van der Waals surface area contributed by atoms with Crippen LogP contribution in [0.15, 0.2) is 18.2 Å². The van der Waals surface area contributed by atoms with E-state index in [0.29, 0.717) is 17.9 Å². The summed E-state index contributed by atoms with van der Waals surface area (Å²) in [6.45, 7) is 2.39. The van der Waals surface area contributed by atoms with Crippen molar-refractivity contribution in [3.05, 3.63) is 27.3 Å². The van der Waals surface area contributed by atoms with Crippen LogP contribution in [0.25, 0.3) is 0 Å². The van der Waals surface area contributed by atoms with Gasteiger partial charge in [0, 0.05) is 3.57 Å². The largest absolute Gasteiger partial charge is 0.493 e. The maximum Gasteiger partial charge on any atom is 0.252 e. The van der Waals surface area contributed by atoms with Gasteiger partial charge in [0.05, 0.1) is 12.2 Å². The Morgan fingerprint density at radius 2 is 2.31 bits per heavy atom. The zero-order valence-electron chi connectivity index (χ0n) is 7.21. The van der Waals surface area contributed by atoms with Crippen molar-refractivity contribution in [1.29, 1.82) is 0 Å². The number of rotatable bonds is 3. The molecule has 0 saturated heterocycles. The summed E-state index contributed by atoms with van der Waals surface area (Å²) >= 11 is 2.12. The van der Waals surface area contributed by atoms with E-state index >= 15 is 0 Å². The Bertz CT molecular complexity index is 325. The molecular formula is C9H10INO2. The molecule has 1 aromatic rings. The topological polar surface area (TPSA) is 52.3 Å². The van der Waals surface area contributed by atoms with Crippen molar-refractivity contribution in [3.8, 4) is 5.75 Å². The summed E-state index contributed by atoms with van der Waals surface area (Å²) in [5.41, 5.74) is 5.63. The lowest BCUT2D eigenvalue weighted by molar-refractivity contribution is 0.0996. The minimum absolute atomic E-state index is 0.439. The highest BCUT2D eigenvalue weighted by Gasteiger charge is 2.08. The van der Waals surface area contributed by atoms with Gasteiger partial charge in [-0.3, -0.25) is 4.79 Å². The molecule has 2 N–H and O–H groups in total. The summed E-state index contributed by atoms with van der Waals surface area (Å²) in [6, 6.07) is 5.34. The Hall–Kier alpha value is -0.780. The Labute approximate surface area is 90.4 Å². The normalized spacial score (nSPS) is 9.69. The molecule has 0 bridgehead atoms. The third-order valence-corrected chi connectivity index (χ3v) is 2.18. The first-order chi connectivity index (χ1) is 6.15. The molecule has 0 radical (unpaired) electrons. The molecule has 0 aliphatic carbocycles. The van der Waals surface area contributed by atoms with Crippen molar-refractivity contribution in [2.24, 2.45) is 5.73 Å². The van der Waals surface area contributed by atoms with Crippen molar-refractivity contribution in [2.75, 3.05) is 6.61 Å². The molecule has 0 saturated carbocycles. The Kier molecular flexibility index (Phi) is 3.53. The van der Waals surface area contributed by atoms with E-state index in [2.05, 4.69) is 22.6 Å². The Morgan fingerprint density at radius 1 is 1.62 bits per heavy atom. The minimum atomic E-state index is -0.457. The van der Waals surface area contributed by atoms with Gasteiger partial charge in [0.25, 0.3) is 5.91 Å². The van der Waals surface area contributed by atoms with Gasteiger partial charge in [-0.05, 0) is 47.7 Å². The van der Waals surface area contributed by atoms with Gasteiger partial charge in [-0.15, -0.1) is 0 Å². The fourth-order valence-electron chi connectivity index (χ4n) is 0.976. The molecule has 1 aromatic carbocycles. The van der Waals surface area contributed by atoms with Crippen molar-refractivity contribution in [3.63, 3.8) is 0 Å². The summed E-state index contributed by atoms with van der Waals surface area (Å²) in [5, 5.41) is 0. The van der Waals surface area contributed by atoms with Crippen LogP contribution in [0.1, 0.15) is 17.3 Å². The third-order valence-electron chi connectivity index (χ3n) is 1.51. The van der Waals surface area contributed by atoms with Gasteiger partial charge in [0.1, 0.15) is 5.75 Å². The van der Waals surface area contributed by atoms with Gasteiger partial charge in [-0.25, -0.2) is 0 Å². The van der Waals surface area contributed by atoms with Crippen LogP contribution in [0.2, 0.25) is 0 Å². The Morgan fingerprint density at radius 3 is 2.85 bits per heavy atom. The number of primary amides is 1. The number of nitrogens with two attached hydrogens (primary N) is 1. The molecule has 70 valence electrons. The Balaban J connectivity index is 3.10. The summed E-state index contributed by atoms with van der Waals surface area (Å²) in [5.74, 6) is 0.0948. The predicted molar refractivity (Wildman–Crippen MR) is 58.8 cm³/mol. The van der Waals surface area contributed by atoms with Gasteiger partial charge in [-0.1, -0.05) is 0 Å². The van der Waals surface area contributed by atoms with E-state index < -0.39 is 5.91 Å². The molecule has 0 fully saturated rings. The van der Waals surface area contributed by atoms with Crippen LogP contribution < -0.4 is 10.5 Å². The molecule has 0 atom stereocenters. The van der Waals surface area contributed by atoms with Crippen molar-refractivity contribution in [2.45, 2.75) is 6.92 Å². The molecule has 0 unspecified atom stereocenters. The number of benzene rings is 1. The molecule has 1 amide bonds. The van der Waals surface area contributed by atoms with Gasteiger partial charge in [-0.2, -0.15) is 0 Å². The van der Waals surface area contributed by atoms with Crippen LogP contribution in [0.3, 0.4) is 0 Å². The number of amides is 1. The molecule has 1 rings (SSSR count). The number of ether oxygens (including phenoxy) is 1. The maximum atomic E-state index is 11.0. The molecule has 0 spiro atoms. The van der Waals surface area contributed by atoms with Gasteiger partial charge < -0.3 is 10.5 Å². The van der Waals surface area contributed by atoms with Crippen LogP contribution in [0, 0.1) is 3.57 Å². The highest BCUT2D eigenvalue weighted by atomic mass is 127. The van der Waals surface area contributed by atoms with E-state index in [-0.39, 0.29) is 0 Å². The van der Waals surface area contributed by atoms with Crippen molar-refractivity contribution >= 4 is 28.5 Å². The lowest BCUT2D eigenvalue weighted by Gasteiger charge is -2.07. The molecule has 0 aromatic heterocycles. The van der Waals surface area contributed by atoms with Crippen LogP contribution in [-0.2, 0) is 0 Å². The lowest BCUT2D eigenvalue weighted by atomic mass is 10.2. The van der Waals surface area contributed by atoms with E-state index in [1.54, 1.807) is 12.1 Å². The van der Waals surface area contributed by atoms with E-state index in [1.165, 1.54) is 0 Å². The number of hydrogen-bond donors (Lipinski definition) is 1. The number of carbonyl (C=O) groups excluding carboxylic acids is 1. The summed E-state index contributed by atoms with van der Waals surface area (Å²) in [7, 11) is 0. The minimum Gasteiger partial charge on any atom is -0.493 e. The van der Waals surface area contributed by atoms with Crippen LogP contribution in [0.5, 0.6) is 5.75 Å². The summed E-state index contributed by atoms with van der Waals surface area (Å²) < 4.78 is 6.22. The molecule has 4 heteroatoms. The molecule has 3 nitrogen and oxygen atoms in total. The zero-order valence-corrected chi connectivity index (χ0v) is 9.37. The lowest BCUT2D eigenvalue weighted by Crippen LogP contribution is -2.13. The molecular weight excluding hydrogens is 281 g/mol. The first-order valence-electron chi connectivity index (χ1n) is 3.87. The van der Waals surface area contributed by atoms with E-state index in [1.807, 2.05) is 13.0 Å². The van der Waals surface area contributed by atoms with Gasteiger partial charge in [0.15, 0.2) is 0 Å². The first kappa shape index (κ1) is 10.3.